The van der Waals surface area contributed by atoms with Gasteiger partial charge in [0.25, 0.3) is 5.91 Å². The summed E-state index contributed by atoms with van der Waals surface area (Å²) < 4.78 is 13.7. The molecule has 0 aliphatic heterocycles. The first kappa shape index (κ1) is 27.2. The molecule has 200 valence electrons. The third-order valence-electron chi connectivity index (χ3n) is 6.75. The second kappa shape index (κ2) is 13.1. The molecule has 6 heteroatoms. The van der Waals surface area contributed by atoms with Gasteiger partial charge >= 0.3 is 0 Å². The van der Waals surface area contributed by atoms with E-state index in [2.05, 4.69) is 67.1 Å². The van der Waals surface area contributed by atoms with E-state index in [1.807, 2.05) is 18.2 Å². The maximum Gasteiger partial charge on any atom is 0.251 e. The molecule has 1 N–H and O–H groups in total. The number of hydrogen-bond acceptors (Lipinski definition) is 4. The normalized spacial score (nSPS) is 11.2. The summed E-state index contributed by atoms with van der Waals surface area (Å²) in [6.45, 7) is 8.68. The largest absolute Gasteiger partial charge is 0.497 e. The van der Waals surface area contributed by atoms with Gasteiger partial charge in [-0.2, -0.15) is 0 Å². The minimum atomic E-state index is -0.0911. The summed E-state index contributed by atoms with van der Waals surface area (Å²) in [7, 11) is 1.60. The van der Waals surface area contributed by atoms with Gasteiger partial charge in [0.1, 0.15) is 17.3 Å². The lowest BCUT2D eigenvalue weighted by Crippen LogP contribution is -2.25. The van der Waals surface area contributed by atoms with Crippen LogP contribution in [0.3, 0.4) is 0 Å². The van der Waals surface area contributed by atoms with Crippen LogP contribution in [0.25, 0.3) is 11.0 Å². The zero-order chi connectivity index (χ0) is 26.9. The molecule has 0 spiro atoms. The van der Waals surface area contributed by atoms with E-state index in [1.165, 1.54) is 11.1 Å². The number of carbonyl (C=O) groups is 1. The summed E-state index contributed by atoms with van der Waals surface area (Å²) in [4.78, 5) is 17.4. The first-order chi connectivity index (χ1) is 18.5. The van der Waals surface area contributed by atoms with Crippen LogP contribution in [0.1, 0.15) is 66.3 Å². The number of unbranched alkanes of at least 4 members (excludes halogenated alkanes) is 1. The van der Waals surface area contributed by atoms with Crippen LogP contribution in [0, 0.1) is 6.92 Å². The SMILES string of the molecule is COc1cccc(C(=O)NCCCc2nc3ccccc3n2CCCCOc2cc(C)ccc2C(C)C)c1. The Morgan fingerprint density at radius 3 is 2.66 bits per heavy atom. The van der Waals surface area contributed by atoms with E-state index >= 15 is 0 Å². The summed E-state index contributed by atoms with van der Waals surface area (Å²) >= 11 is 0. The number of nitrogens with zero attached hydrogens (tertiary/aromatic N) is 2. The number of aromatic nitrogens is 2. The lowest BCUT2D eigenvalue weighted by atomic mass is 10.0. The van der Waals surface area contributed by atoms with Crippen molar-refractivity contribution in [2.45, 2.75) is 58.9 Å². The Balaban J connectivity index is 1.31. The fraction of sp³-hybridized carbons (Fsp3) is 0.375. The smallest absolute Gasteiger partial charge is 0.251 e. The van der Waals surface area contributed by atoms with Crippen molar-refractivity contribution in [3.63, 3.8) is 0 Å². The van der Waals surface area contributed by atoms with Crippen LogP contribution >= 0.6 is 0 Å². The van der Waals surface area contributed by atoms with Crippen molar-refractivity contribution in [1.82, 2.24) is 14.9 Å². The highest BCUT2D eigenvalue weighted by Crippen LogP contribution is 2.27. The molecule has 0 radical (unpaired) electrons. The van der Waals surface area contributed by atoms with Gasteiger partial charge in [-0.1, -0.05) is 44.2 Å². The zero-order valence-corrected chi connectivity index (χ0v) is 23.0. The van der Waals surface area contributed by atoms with Crippen LogP contribution in [0.5, 0.6) is 11.5 Å². The monoisotopic (exact) mass is 513 g/mol. The van der Waals surface area contributed by atoms with Crippen molar-refractivity contribution in [3.8, 4) is 11.5 Å². The Bertz CT molecular complexity index is 1360. The van der Waals surface area contributed by atoms with Gasteiger partial charge in [-0.25, -0.2) is 4.98 Å². The van der Waals surface area contributed by atoms with Crippen LogP contribution in [-0.2, 0) is 13.0 Å². The Kier molecular flexibility index (Phi) is 9.41. The number of methoxy groups -OCH3 is 1. The molecule has 1 heterocycles. The van der Waals surface area contributed by atoms with Crippen molar-refractivity contribution in [2.75, 3.05) is 20.3 Å². The van der Waals surface area contributed by atoms with E-state index in [1.54, 1.807) is 19.2 Å². The Labute approximate surface area is 226 Å². The number of ether oxygens (including phenoxy) is 2. The number of hydrogen-bond donors (Lipinski definition) is 1. The first-order valence-corrected chi connectivity index (χ1v) is 13.6. The minimum absolute atomic E-state index is 0.0911. The predicted octanol–water partition coefficient (Wildman–Crippen LogP) is 6.70. The second-order valence-corrected chi connectivity index (χ2v) is 10.0. The van der Waals surface area contributed by atoms with E-state index in [9.17, 15) is 4.79 Å². The summed E-state index contributed by atoms with van der Waals surface area (Å²) in [5, 5.41) is 3.02. The Hall–Kier alpha value is -3.80. The predicted molar refractivity (Wildman–Crippen MR) is 153 cm³/mol. The molecule has 4 aromatic rings. The molecule has 0 bridgehead atoms. The number of aryl methyl sites for hydroxylation is 3. The summed E-state index contributed by atoms with van der Waals surface area (Å²) in [6, 6.07) is 22.0. The van der Waals surface area contributed by atoms with E-state index in [0.717, 1.165) is 54.8 Å². The summed E-state index contributed by atoms with van der Waals surface area (Å²) in [5.74, 6) is 3.08. The lowest BCUT2D eigenvalue weighted by Gasteiger charge is -2.15. The van der Waals surface area contributed by atoms with E-state index in [-0.39, 0.29) is 5.91 Å². The third kappa shape index (κ3) is 6.94. The number of fused-ring (bicyclic) bond motifs is 1. The molecule has 0 unspecified atom stereocenters. The van der Waals surface area contributed by atoms with E-state index in [4.69, 9.17) is 14.5 Å². The highest BCUT2D eigenvalue weighted by Gasteiger charge is 2.12. The van der Waals surface area contributed by atoms with Crippen molar-refractivity contribution >= 4 is 16.9 Å². The highest BCUT2D eigenvalue weighted by atomic mass is 16.5. The average molecular weight is 514 g/mol. The molecular weight excluding hydrogens is 474 g/mol. The first-order valence-electron chi connectivity index (χ1n) is 13.6. The van der Waals surface area contributed by atoms with Gasteiger partial charge in [-0.05, 0) is 79.6 Å². The van der Waals surface area contributed by atoms with Gasteiger partial charge in [-0.15, -0.1) is 0 Å². The number of amides is 1. The van der Waals surface area contributed by atoms with Gasteiger partial charge in [-0.3, -0.25) is 4.79 Å². The van der Waals surface area contributed by atoms with E-state index < -0.39 is 0 Å². The fourth-order valence-electron chi connectivity index (χ4n) is 4.68. The van der Waals surface area contributed by atoms with Gasteiger partial charge < -0.3 is 19.4 Å². The van der Waals surface area contributed by atoms with Crippen molar-refractivity contribution in [2.24, 2.45) is 0 Å². The molecule has 4 rings (SSSR count). The van der Waals surface area contributed by atoms with Crippen LogP contribution in [-0.4, -0.2) is 35.7 Å². The minimum Gasteiger partial charge on any atom is -0.497 e. The number of benzene rings is 3. The van der Waals surface area contributed by atoms with E-state index in [0.29, 0.717) is 30.4 Å². The third-order valence-corrected chi connectivity index (χ3v) is 6.75. The molecule has 0 saturated carbocycles. The molecule has 0 aliphatic carbocycles. The number of para-hydroxylation sites is 2. The molecule has 0 aliphatic rings. The van der Waals surface area contributed by atoms with Crippen LogP contribution in [0.2, 0.25) is 0 Å². The molecular formula is C32H39N3O3. The van der Waals surface area contributed by atoms with Gasteiger partial charge in [0.05, 0.1) is 24.8 Å². The van der Waals surface area contributed by atoms with Crippen molar-refractivity contribution in [1.29, 1.82) is 0 Å². The second-order valence-electron chi connectivity index (χ2n) is 10.0. The Morgan fingerprint density at radius 2 is 1.84 bits per heavy atom. The van der Waals surface area contributed by atoms with Crippen LogP contribution < -0.4 is 14.8 Å². The van der Waals surface area contributed by atoms with Crippen LogP contribution in [0.4, 0.5) is 0 Å². The zero-order valence-electron chi connectivity index (χ0n) is 23.0. The van der Waals surface area contributed by atoms with Crippen LogP contribution in [0.15, 0.2) is 66.7 Å². The molecule has 1 aromatic heterocycles. The Morgan fingerprint density at radius 1 is 1.00 bits per heavy atom. The standard InChI is InChI=1S/C32H39N3O3/c1-23(2)27-17-16-24(3)21-30(27)38-20-8-7-19-35-29-14-6-5-13-28(29)34-31(35)15-10-18-33-32(36)25-11-9-12-26(22-25)37-4/h5-6,9,11-14,16-17,21-23H,7-8,10,15,18-20H2,1-4H3,(H,33,36). The van der Waals surface area contributed by atoms with Gasteiger partial charge in [0, 0.05) is 25.1 Å². The molecule has 3 aromatic carbocycles. The number of rotatable bonds is 13. The number of imidazole rings is 1. The molecule has 0 saturated heterocycles. The maximum absolute atomic E-state index is 12.5. The highest BCUT2D eigenvalue weighted by molar-refractivity contribution is 5.94. The number of nitrogens with one attached hydrogen (secondary N) is 1. The van der Waals surface area contributed by atoms with Gasteiger partial charge in [0.15, 0.2) is 0 Å². The average Bonchev–Trinajstić information content (AvgIpc) is 3.28. The molecule has 0 atom stereocenters. The maximum atomic E-state index is 12.5. The molecule has 1 amide bonds. The molecule has 0 fully saturated rings. The van der Waals surface area contributed by atoms with Gasteiger partial charge in [0.2, 0.25) is 0 Å². The topological polar surface area (TPSA) is 65.4 Å². The quantitative estimate of drug-likeness (QED) is 0.202. The molecule has 38 heavy (non-hydrogen) atoms. The molecule has 6 nitrogen and oxygen atoms in total. The van der Waals surface area contributed by atoms with Crippen molar-refractivity contribution < 1.29 is 14.3 Å². The lowest BCUT2D eigenvalue weighted by molar-refractivity contribution is 0.0952. The number of carbonyl (C=O) groups excluding carboxylic acids is 1. The van der Waals surface area contributed by atoms with Crippen molar-refractivity contribution in [3.05, 3.63) is 89.2 Å². The summed E-state index contributed by atoms with van der Waals surface area (Å²) in [6.07, 6.45) is 3.58. The fourth-order valence-corrected chi connectivity index (χ4v) is 4.68. The summed E-state index contributed by atoms with van der Waals surface area (Å²) in [5.41, 5.74) is 5.26.